The SMILES string of the molecule is C=C(/N=C(/Cl)NC)N(C)CCNC. The summed E-state index contributed by atoms with van der Waals surface area (Å²) in [7, 11) is 5.54. The monoisotopic (exact) mass is 204 g/mol. The molecule has 0 aromatic carbocycles. The fraction of sp³-hybridized carbons (Fsp3) is 0.625. The third kappa shape index (κ3) is 5.49. The van der Waals surface area contributed by atoms with Gasteiger partial charge in [-0.25, -0.2) is 4.99 Å². The highest BCUT2D eigenvalue weighted by Crippen LogP contribution is 2.00. The Labute approximate surface area is 84.7 Å². The van der Waals surface area contributed by atoms with Crippen molar-refractivity contribution < 1.29 is 0 Å². The minimum absolute atomic E-state index is 0.348. The maximum absolute atomic E-state index is 5.67. The maximum atomic E-state index is 5.67. The summed E-state index contributed by atoms with van der Waals surface area (Å²) < 4.78 is 0. The number of halogens is 1. The summed E-state index contributed by atoms with van der Waals surface area (Å²) in [5.41, 5.74) is 0. The molecule has 0 amide bonds. The van der Waals surface area contributed by atoms with Crippen LogP contribution in [-0.2, 0) is 0 Å². The van der Waals surface area contributed by atoms with E-state index in [0.717, 1.165) is 13.1 Å². The number of hydrogen-bond acceptors (Lipinski definition) is 3. The van der Waals surface area contributed by atoms with Crippen LogP contribution in [0, 0.1) is 0 Å². The molecule has 0 aromatic heterocycles. The van der Waals surface area contributed by atoms with Crippen LogP contribution >= 0.6 is 11.6 Å². The van der Waals surface area contributed by atoms with Gasteiger partial charge < -0.3 is 15.5 Å². The Morgan fingerprint density at radius 1 is 1.54 bits per heavy atom. The van der Waals surface area contributed by atoms with E-state index in [1.165, 1.54) is 0 Å². The average molecular weight is 205 g/mol. The number of aliphatic imine (C=N–C) groups is 1. The van der Waals surface area contributed by atoms with Crippen molar-refractivity contribution >= 4 is 16.9 Å². The van der Waals surface area contributed by atoms with Gasteiger partial charge in [-0.2, -0.15) is 0 Å². The summed E-state index contributed by atoms with van der Waals surface area (Å²) in [4.78, 5) is 5.95. The van der Waals surface area contributed by atoms with Crippen LogP contribution in [-0.4, -0.2) is 44.4 Å². The maximum Gasteiger partial charge on any atom is 0.197 e. The Morgan fingerprint density at radius 3 is 2.62 bits per heavy atom. The fourth-order valence-corrected chi connectivity index (χ4v) is 0.761. The van der Waals surface area contributed by atoms with Gasteiger partial charge in [-0.15, -0.1) is 0 Å². The highest BCUT2D eigenvalue weighted by Gasteiger charge is 1.99. The normalized spacial score (nSPS) is 11.2. The third-order valence-corrected chi connectivity index (χ3v) is 1.84. The highest BCUT2D eigenvalue weighted by molar-refractivity contribution is 6.64. The third-order valence-electron chi connectivity index (χ3n) is 1.57. The Morgan fingerprint density at radius 2 is 2.15 bits per heavy atom. The molecule has 0 saturated heterocycles. The minimum atomic E-state index is 0.348. The average Bonchev–Trinajstić information content (AvgIpc) is 2.13. The van der Waals surface area contributed by atoms with E-state index in [0.29, 0.717) is 11.1 Å². The highest BCUT2D eigenvalue weighted by atomic mass is 35.5. The lowest BCUT2D eigenvalue weighted by Gasteiger charge is -2.18. The van der Waals surface area contributed by atoms with Crippen LogP contribution in [0.5, 0.6) is 0 Å². The molecule has 0 aliphatic rings. The Bertz CT molecular complexity index is 191. The summed E-state index contributed by atoms with van der Waals surface area (Å²) >= 11 is 5.67. The zero-order chi connectivity index (χ0) is 10.3. The van der Waals surface area contributed by atoms with E-state index < -0.39 is 0 Å². The van der Waals surface area contributed by atoms with Crippen LogP contribution in [0.4, 0.5) is 0 Å². The standard InChI is InChI=1S/C8H17ClN4/c1-7(12-8(9)11-3)13(4)6-5-10-2/h10H,1,5-6H2,2-4H3,(H,11,12). The second kappa shape index (κ2) is 6.74. The van der Waals surface area contributed by atoms with Crippen LogP contribution < -0.4 is 10.6 Å². The summed E-state index contributed by atoms with van der Waals surface area (Å²) in [6, 6.07) is 0. The van der Waals surface area contributed by atoms with Gasteiger partial charge >= 0.3 is 0 Å². The molecule has 0 aliphatic heterocycles. The van der Waals surface area contributed by atoms with E-state index in [-0.39, 0.29) is 0 Å². The predicted molar refractivity (Wildman–Crippen MR) is 58.0 cm³/mol. The summed E-state index contributed by atoms with van der Waals surface area (Å²) in [6.07, 6.45) is 0. The number of likely N-dealkylation sites (N-methyl/N-ethyl adjacent to an activating group) is 2. The van der Waals surface area contributed by atoms with Gasteiger partial charge in [-0.05, 0) is 18.6 Å². The molecule has 0 fully saturated rings. The van der Waals surface area contributed by atoms with E-state index in [4.69, 9.17) is 11.6 Å². The minimum Gasteiger partial charge on any atom is -0.363 e. The van der Waals surface area contributed by atoms with Gasteiger partial charge in [0.2, 0.25) is 0 Å². The largest absolute Gasteiger partial charge is 0.363 e. The van der Waals surface area contributed by atoms with E-state index in [1.54, 1.807) is 7.05 Å². The summed E-state index contributed by atoms with van der Waals surface area (Å²) in [5.74, 6) is 0.648. The number of amidine groups is 1. The van der Waals surface area contributed by atoms with Crippen molar-refractivity contribution in [3.05, 3.63) is 12.4 Å². The molecule has 13 heavy (non-hydrogen) atoms. The Balaban J connectivity index is 3.95. The molecule has 2 N–H and O–H groups in total. The molecule has 0 aliphatic carbocycles. The first kappa shape index (κ1) is 12.3. The lowest BCUT2D eigenvalue weighted by atomic mass is 10.5. The lowest BCUT2D eigenvalue weighted by molar-refractivity contribution is 0.413. The second-order valence-electron chi connectivity index (χ2n) is 2.59. The smallest absolute Gasteiger partial charge is 0.197 e. The van der Waals surface area contributed by atoms with Crippen molar-refractivity contribution in [2.24, 2.45) is 4.99 Å². The number of nitrogens with one attached hydrogen (secondary N) is 2. The van der Waals surface area contributed by atoms with Gasteiger partial charge in [0.05, 0.1) is 0 Å². The lowest BCUT2D eigenvalue weighted by Crippen LogP contribution is -2.26. The number of hydrogen-bond donors (Lipinski definition) is 2. The van der Waals surface area contributed by atoms with Gasteiger partial charge in [0.1, 0.15) is 5.82 Å². The van der Waals surface area contributed by atoms with E-state index >= 15 is 0 Å². The van der Waals surface area contributed by atoms with Crippen molar-refractivity contribution in [1.82, 2.24) is 15.5 Å². The molecule has 0 atom stereocenters. The molecule has 0 aromatic rings. The topological polar surface area (TPSA) is 39.7 Å². The van der Waals surface area contributed by atoms with Crippen LogP contribution in [0.2, 0.25) is 0 Å². The molecule has 0 unspecified atom stereocenters. The second-order valence-corrected chi connectivity index (χ2v) is 2.95. The van der Waals surface area contributed by atoms with Gasteiger partial charge in [-0.3, -0.25) is 0 Å². The molecule has 0 radical (unpaired) electrons. The predicted octanol–water partition coefficient (Wildman–Crippen LogP) is 0.423. The van der Waals surface area contributed by atoms with Gasteiger partial charge in [0, 0.05) is 27.2 Å². The molecule has 4 nitrogen and oxygen atoms in total. The van der Waals surface area contributed by atoms with Crippen molar-refractivity contribution in [2.75, 3.05) is 34.2 Å². The Kier molecular flexibility index (Phi) is 6.36. The van der Waals surface area contributed by atoms with Crippen LogP contribution in [0.1, 0.15) is 0 Å². The molecule has 0 heterocycles. The summed E-state index contributed by atoms with van der Waals surface area (Å²) in [6.45, 7) is 5.53. The molecule has 76 valence electrons. The summed E-state index contributed by atoms with van der Waals surface area (Å²) in [5, 5.41) is 6.11. The van der Waals surface area contributed by atoms with Crippen LogP contribution in [0.15, 0.2) is 17.4 Å². The number of rotatable bonds is 5. The first-order valence-electron chi connectivity index (χ1n) is 4.08. The van der Waals surface area contributed by atoms with E-state index in [2.05, 4.69) is 22.2 Å². The first-order valence-corrected chi connectivity index (χ1v) is 4.46. The molecular weight excluding hydrogens is 188 g/mol. The first-order chi connectivity index (χ1) is 6.11. The zero-order valence-electron chi connectivity index (χ0n) is 8.39. The quantitative estimate of drug-likeness (QED) is 0.388. The molecule has 0 rings (SSSR count). The van der Waals surface area contributed by atoms with Crippen LogP contribution in [0.3, 0.4) is 0 Å². The van der Waals surface area contributed by atoms with E-state index in [9.17, 15) is 0 Å². The Hall–Kier alpha value is -0.740. The molecule has 5 heteroatoms. The molecule has 0 spiro atoms. The number of nitrogens with zero attached hydrogens (tertiary/aromatic N) is 2. The van der Waals surface area contributed by atoms with Crippen molar-refractivity contribution in [2.45, 2.75) is 0 Å². The van der Waals surface area contributed by atoms with Crippen LogP contribution in [0.25, 0.3) is 0 Å². The van der Waals surface area contributed by atoms with Crippen molar-refractivity contribution in [3.8, 4) is 0 Å². The van der Waals surface area contributed by atoms with Gasteiger partial charge in [0.25, 0.3) is 0 Å². The van der Waals surface area contributed by atoms with Crippen molar-refractivity contribution in [1.29, 1.82) is 0 Å². The van der Waals surface area contributed by atoms with E-state index in [1.807, 2.05) is 19.0 Å². The van der Waals surface area contributed by atoms with Crippen molar-refractivity contribution in [3.63, 3.8) is 0 Å². The fourth-order valence-electron chi connectivity index (χ4n) is 0.663. The van der Waals surface area contributed by atoms with Gasteiger partial charge in [0.15, 0.2) is 5.29 Å². The van der Waals surface area contributed by atoms with Gasteiger partial charge in [-0.1, -0.05) is 6.58 Å². The molecular formula is C8H17ClN4. The zero-order valence-corrected chi connectivity index (χ0v) is 9.15. The molecule has 0 bridgehead atoms. The molecule has 0 saturated carbocycles.